The summed E-state index contributed by atoms with van der Waals surface area (Å²) in [7, 11) is 1.92. The van der Waals surface area contributed by atoms with E-state index in [0.29, 0.717) is 26.1 Å². The molecule has 26 heavy (non-hydrogen) atoms. The maximum absolute atomic E-state index is 12.9. The van der Waals surface area contributed by atoms with Crippen molar-refractivity contribution in [2.75, 3.05) is 26.7 Å². The normalized spacial score (nSPS) is 20.7. The molecular weight excluding hydrogens is 328 g/mol. The van der Waals surface area contributed by atoms with E-state index in [2.05, 4.69) is 12.1 Å². The Morgan fingerprint density at radius 1 is 1.23 bits per heavy atom. The third-order valence-corrected chi connectivity index (χ3v) is 5.00. The Hall–Kier alpha value is -2.11. The molecule has 1 aromatic carbocycles. The standard InChI is InChI=1S/C21H28N2O3/c1-22(15-19-10-14-26-16-19)17-21(25)11-6-13-23(20(21)24)12-5-9-18-7-3-2-4-8-18/h2-4,7-8,10,14,16,25H,5-6,9,11-13,15,17H2,1H3. The largest absolute Gasteiger partial charge is 0.472 e. The molecule has 1 aromatic heterocycles. The summed E-state index contributed by atoms with van der Waals surface area (Å²) in [6.07, 6.45) is 6.56. The van der Waals surface area contributed by atoms with Crippen LogP contribution in [0.2, 0.25) is 0 Å². The van der Waals surface area contributed by atoms with Crippen LogP contribution < -0.4 is 0 Å². The molecule has 1 fully saturated rings. The smallest absolute Gasteiger partial charge is 0.255 e. The Morgan fingerprint density at radius 3 is 2.77 bits per heavy atom. The molecule has 0 radical (unpaired) electrons. The molecule has 1 N–H and O–H groups in total. The van der Waals surface area contributed by atoms with Crippen LogP contribution in [0.4, 0.5) is 0 Å². The number of benzene rings is 1. The summed E-state index contributed by atoms with van der Waals surface area (Å²) in [5.74, 6) is -0.129. The van der Waals surface area contributed by atoms with Gasteiger partial charge in [0.1, 0.15) is 0 Å². The lowest BCUT2D eigenvalue weighted by Crippen LogP contribution is -2.58. The summed E-state index contributed by atoms with van der Waals surface area (Å²) in [4.78, 5) is 16.7. The second-order valence-corrected chi connectivity index (χ2v) is 7.32. The predicted octanol–water partition coefficient (Wildman–Crippen LogP) is 2.70. The van der Waals surface area contributed by atoms with Crippen molar-refractivity contribution in [3.63, 3.8) is 0 Å². The van der Waals surface area contributed by atoms with Gasteiger partial charge in [0.05, 0.1) is 12.5 Å². The molecule has 0 saturated carbocycles. The van der Waals surface area contributed by atoms with Crippen molar-refractivity contribution in [1.29, 1.82) is 0 Å². The van der Waals surface area contributed by atoms with E-state index < -0.39 is 5.60 Å². The van der Waals surface area contributed by atoms with Crippen LogP contribution in [-0.4, -0.2) is 53.1 Å². The van der Waals surface area contributed by atoms with E-state index in [-0.39, 0.29) is 5.91 Å². The SMILES string of the molecule is CN(Cc1ccoc1)CC1(O)CCCN(CCCc2ccccc2)C1=O. The number of nitrogens with zero attached hydrogens (tertiary/aromatic N) is 2. The molecule has 3 rings (SSSR count). The highest BCUT2D eigenvalue weighted by Crippen LogP contribution is 2.24. The molecule has 1 atom stereocenters. The first-order chi connectivity index (χ1) is 12.6. The zero-order valence-electron chi connectivity index (χ0n) is 15.4. The van der Waals surface area contributed by atoms with E-state index in [4.69, 9.17) is 4.42 Å². The highest BCUT2D eigenvalue weighted by atomic mass is 16.3. The van der Waals surface area contributed by atoms with Crippen LogP contribution in [0.3, 0.4) is 0 Å². The summed E-state index contributed by atoms with van der Waals surface area (Å²) in [6, 6.07) is 12.2. The van der Waals surface area contributed by atoms with Gasteiger partial charge in [-0.05, 0) is 44.4 Å². The van der Waals surface area contributed by atoms with Gasteiger partial charge in [0.25, 0.3) is 5.91 Å². The minimum absolute atomic E-state index is 0.129. The fourth-order valence-corrected chi connectivity index (χ4v) is 3.74. The van der Waals surface area contributed by atoms with Crippen molar-refractivity contribution in [3.05, 3.63) is 60.1 Å². The molecule has 1 saturated heterocycles. The molecule has 5 heteroatoms. The zero-order valence-corrected chi connectivity index (χ0v) is 15.4. The van der Waals surface area contributed by atoms with Gasteiger partial charge in [-0.2, -0.15) is 0 Å². The Bertz CT molecular complexity index is 687. The number of hydrogen-bond acceptors (Lipinski definition) is 4. The van der Waals surface area contributed by atoms with Gasteiger partial charge in [-0.3, -0.25) is 9.69 Å². The highest BCUT2D eigenvalue weighted by Gasteiger charge is 2.42. The van der Waals surface area contributed by atoms with Crippen molar-refractivity contribution in [2.45, 2.75) is 37.8 Å². The number of rotatable bonds is 8. The monoisotopic (exact) mass is 356 g/mol. The molecule has 0 aliphatic carbocycles. The van der Waals surface area contributed by atoms with Crippen LogP contribution in [0.5, 0.6) is 0 Å². The van der Waals surface area contributed by atoms with Crippen LogP contribution >= 0.6 is 0 Å². The van der Waals surface area contributed by atoms with Crippen LogP contribution in [0.25, 0.3) is 0 Å². The fraction of sp³-hybridized carbons (Fsp3) is 0.476. The van der Waals surface area contributed by atoms with Crippen LogP contribution in [0, 0.1) is 0 Å². The summed E-state index contributed by atoms with van der Waals surface area (Å²) >= 11 is 0. The lowest BCUT2D eigenvalue weighted by molar-refractivity contribution is -0.159. The van der Waals surface area contributed by atoms with Crippen molar-refractivity contribution in [3.8, 4) is 0 Å². The number of furan rings is 1. The first kappa shape index (κ1) is 18.7. The molecule has 1 aliphatic rings. The van der Waals surface area contributed by atoms with Gasteiger partial charge in [0, 0.05) is 31.7 Å². The van der Waals surface area contributed by atoms with Crippen molar-refractivity contribution >= 4 is 5.91 Å². The van der Waals surface area contributed by atoms with Crippen LogP contribution in [0.1, 0.15) is 30.4 Å². The Labute approximate surface area is 155 Å². The van der Waals surface area contributed by atoms with E-state index in [1.807, 2.05) is 41.1 Å². The summed E-state index contributed by atoms with van der Waals surface area (Å²) < 4.78 is 5.09. The van der Waals surface area contributed by atoms with E-state index in [9.17, 15) is 9.90 Å². The first-order valence-electron chi connectivity index (χ1n) is 9.32. The molecule has 2 heterocycles. The van der Waals surface area contributed by atoms with E-state index in [1.165, 1.54) is 5.56 Å². The zero-order chi connectivity index (χ0) is 18.4. The van der Waals surface area contributed by atoms with Crippen LogP contribution in [0.15, 0.2) is 53.3 Å². The molecule has 0 spiro atoms. The second kappa shape index (κ2) is 8.52. The molecular formula is C21H28N2O3. The topological polar surface area (TPSA) is 56.9 Å². The Morgan fingerprint density at radius 2 is 2.04 bits per heavy atom. The van der Waals surface area contributed by atoms with Crippen molar-refractivity contribution in [1.82, 2.24) is 9.80 Å². The van der Waals surface area contributed by atoms with Gasteiger partial charge in [0.2, 0.25) is 0 Å². The van der Waals surface area contributed by atoms with Gasteiger partial charge in [-0.25, -0.2) is 0 Å². The summed E-state index contributed by atoms with van der Waals surface area (Å²) in [6.45, 7) is 2.43. The molecule has 140 valence electrons. The fourth-order valence-electron chi connectivity index (χ4n) is 3.74. The van der Waals surface area contributed by atoms with E-state index >= 15 is 0 Å². The lowest BCUT2D eigenvalue weighted by atomic mass is 9.90. The first-order valence-corrected chi connectivity index (χ1v) is 9.32. The van der Waals surface area contributed by atoms with Gasteiger partial charge >= 0.3 is 0 Å². The lowest BCUT2D eigenvalue weighted by Gasteiger charge is -2.40. The van der Waals surface area contributed by atoms with Crippen molar-refractivity contribution in [2.24, 2.45) is 0 Å². The predicted molar refractivity (Wildman–Crippen MR) is 101 cm³/mol. The van der Waals surface area contributed by atoms with Gasteiger partial charge < -0.3 is 14.4 Å². The molecule has 1 aliphatic heterocycles. The van der Waals surface area contributed by atoms with E-state index in [0.717, 1.165) is 31.4 Å². The molecule has 1 unspecified atom stereocenters. The third kappa shape index (κ3) is 4.74. The Kier molecular flexibility index (Phi) is 6.12. The molecule has 0 bridgehead atoms. The van der Waals surface area contributed by atoms with Gasteiger partial charge in [0.15, 0.2) is 5.60 Å². The van der Waals surface area contributed by atoms with Gasteiger partial charge in [-0.1, -0.05) is 30.3 Å². The number of aryl methyl sites for hydroxylation is 1. The van der Waals surface area contributed by atoms with Crippen LogP contribution in [-0.2, 0) is 17.8 Å². The quantitative estimate of drug-likeness (QED) is 0.790. The third-order valence-electron chi connectivity index (χ3n) is 5.00. The molecule has 5 nitrogen and oxygen atoms in total. The Balaban J connectivity index is 1.52. The molecule has 2 aromatic rings. The average Bonchev–Trinajstić information content (AvgIpc) is 3.12. The second-order valence-electron chi connectivity index (χ2n) is 7.32. The van der Waals surface area contributed by atoms with Crippen molar-refractivity contribution < 1.29 is 14.3 Å². The number of likely N-dealkylation sites (N-methyl/N-ethyl adjacent to an activating group) is 1. The number of amides is 1. The summed E-state index contributed by atoms with van der Waals surface area (Å²) in [5, 5.41) is 11.0. The molecule has 1 amide bonds. The minimum atomic E-state index is -1.29. The number of piperidine rings is 1. The average molecular weight is 356 g/mol. The number of aliphatic hydroxyl groups is 1. The maximum atomic E-state index is 12.9. The maximum Gasteiger partial charge on any atom is 0.255 e. The number of carbonyl (C=O) groups is 1. The van der Waals surface area contributed by atoms with Gasteiger partial charge in [-0.15, -0.1) is 0 Å². The number of carbonyl (C=O) groups excluding carboxylic acids is 1. The van der Waals surface area contributed by atoms with E-state index in [1.54, 1.807) is 12.5 Å². The number of likely N-dealkylation sites (tertiary alicyclic amines) is 1. The number of hydrogen-bond donors (Lipinski definition) is 1. The summed E-state index contributed by atoms with van der Waals surface area (Å²) in [5.41, 5.74) is 1.04. The highest BCUT2D eigenvalue weighted by molar-refractivity contribution is 5.86. The minimum Gasteiger partial charge on any atom is -0.472 e.